The maximum Gasteiger partial charge on any atom is 0.225 e. The van der Waals surface area contributed by atoms with E-state index in [0.717, 1.165) is 22.6 Å². The number of anilines is 1. The summed E-state index contributed by atoms with van der Waals surface area (Å²) < 4.78 is 31.8. The Morgan fingerprint density at radius 1 is 1.10 bits per heavy atom. The Morgan fingerprint density at radius 2 is 1.83 bits per heavy atom. The first-order valence-electron chi connectivity index (χ1n) is 9.45. The van der Waals surface area contributed by atoms with Gasteiger partial charge in [0.25, 0.3) is 0 Å². The first kappa shape index (κ1) is 19.7. The van der Waals surface area contributed by atoms with Crippen molar-refractivity contribution in [2.45, 2.75) is 35.5 Å². The lowest BCUT2D eigenvalue weighted by molar-refractivity contribution is -0.116. The van der Waals surface area contributed by atoms with Gasteiger partial charge in [-0.05, 0) is 36.2 Å². The van der Waals surface area contributed by atoms with Crippen molar-refractivity contribution in [3.8, 4) is 5.75 Å². The van der Waals surface area contributed by atoms with Crippen LogP contribution in [0.1, 0.15) is 36.1 Å². The lowest BCUT2D eigenvalue weighted by Gasteiger charge is -2.24. The van der Waals surface area contributed by atoms with E-state index >= 15 is 0 Å². The molecular weight excluding hydrogens is 406 g/mol. The summed E-state index contributed by atoms with van der Waals surface area (Å²) in [5.41, 5.74) is 1.38. The van der Waals surface area contributed by atoms with Gasteiger partial charge in [-0.1, -0.05) is 37.3 Å². The molecule has 5 nitrogen and oxygen atoms in total. The molecule has 0 unspecified atom stereocenters. The van der Waals surface area contributed by atoms with Crippen LogP contribution < -0.4 is 10.1 Å². The van der Waals surface area contributed by atoms with E-state index in [1.165, 1.54) is 11.3 Å². The highest BCUT2D eigenvalue weighted by Crippen LogP contribution is 2.45. The maximum atomic E-state index is 13.1. The molecule has 4 rings (SSSR count). The van der Waals surface area contributed by atoms with Crippen LogP contribution in [0.15, 0.2) is 69.8 Å². The summed E-state index contributed by atoms with van der Waals surface area (Å²) in [4.78, 5) is 13.6. The predicted molar refractivity (Wildman–Crippen MR) is 114 cm³/mol. The van der Waals surface area contributed by atoms with Crippen molar-refractivity contribution in [1.82, 2.24) is 0 Å². The van der Waals surface area contributed by atoms with Gasteiger partial charge in [-0.3, -0.25) is 4.79 Å². The molecule has 1 aliphatic heterocycles. The van der Waals surface area contributed by atoms with E-state index in [4.69, 9.17) is 4.74 Å². The number of carbonyl (C=O) groups excluding carboxylic acids is 1. The van der Waals surface area contributed by atoms with Gasteiger partial charge >= 0.3 is 0 Å². The van der Waals surface area contributed by atoms with E-state index in [1.54, 1.807) is 35.7 Å². The molecule has 0 aliphatic carbocycles. The largest absolute Gasteiger partial charge is 0.494 e. The number of hydrogen-bond donors (Lipinski definition) is 1. The molecule has 150 valence electrons. The first-order valence-corrected chi connectivity index (χ1v) is 11.8. The first-order chi connectivity index (χ1) is 14.0. The molecule has 1 N–H and O–H groups in total. The number of nitrogens with one attached hydrogen (secondary N) is 1. The van der Waals surface area contributed by atoms with Crippen molar-refractivity contribution in [1.29, 1.82) is 0 Å². The lowest BCUT2D eigenvalue weighted by Crippen LogP contribution is -2.23. The molecule has 29 heavy (non-hydrogen) atoms. The summed E-state index contributed by atoms with van der Waals surface area (Å²) in [5.74, 6) is 0.426. The highest BCUT2D eigenvalue weighted by Gasteiger charge is 2.34. The minimum Gasteiger partial charge on any atom is -0.494 e. The van der Waals surface area contributed by atoms with E-state index in [2.05, 4.69) is 12.2 Å². The molecule has 0 bridgehead atoms. The molecule has 1 amide bonds. The topological polar surface area (TPSA) is 72.5 Å². The second-order valence-electron chi connectivity index (χ2n) is 6.88. The Bertz CT molecular complexity index is 1120. The second-order valence-corrected chi connectivity index (χ2v) is 9.71. The molecule has 0 radical (unpaired) electrons. The fraction of sp³-hybridized carbons (Fsp3) is 0.227. The van der Waals surface area contributed by atoms with E-state index in [9.17, 15) is 13.2 Å². The Kier molecular flexibility index (Phi) is 5.43. The SMILES string of the molecule is CCCOc1ccc([C@@H]2CC(=O)Nc3c(S(=O)(=O)c4ccccc4)csc32)cc1. The summed E-state index contributed by atoms with van der Waals surface area (Å²) in [6.07, 6.45) is 1.22. The van der Waals surface area contributed by atoms with E-state index in [-0.39, 0.29) is 28.0 Å². The third kappa shape index (κ3) is 3.80. The smallest absolute Gasteiger partial charge is 0.225 e. The van der Waals surface area contributed by atoms with Gasteiger partial charge in [0.1, 0.15) is 10.6 Å². The molecule has 1 aromatic heterocycles. The maximum absolute atomic E-state index is 13.1. The zero-order valence-electron chi connectivity index (χ0n) is 15.9. The van der Waals surface area contributed by atoms with Crippen LogP contribution >= 0.6 is 11.3 Å². The van der Waals surface area contributed by atoms with Crippen LogP contribution in [-0.4, -0.2) is 20.9 Å². The number of amides is 1. The molecule has 0 spiro atoms. The monoisotopic (exact) mass is 427 g/mol. The van der Waals surface area contributed by atoms with Gasteiger partial charge in [-0.15, -0.1) is 11.3 Å². The van der Waals surface area contributed by atoms with E-state index < -0.39 is 9.84 Å². The quantitative estimate of drug-likeness (QED) is 0.611. The number of sulfone groups is 1. The van der Waals surface area contributed by atoms with Gasteiger partial charge in [-0.2, -0.15) is 0 Å². The molecule has 0 saturated carbocycles. The molecular formula is C22H21NO4S2. The van der Waals surface area contributed by atoms with Gasteiger partial charge in [0.2, 0.25) is 15.7 Å². The minimum absolute atomic E-state index is 0.157. The normalized spacial score (nSPS) is 16.2. The summed E-state index contributed by atoms with van der Waals surface area (Å²) in [6.45, 7) is 2.70. The molecule has 3 aromatic rings. The number of hydrogen-bond acceptors (Lipinski definition) is 5. The minimum atomic E-state index is -3.71. The highest BCUT2D eigenvalue weighted by atomic mass is 32.2. The second kappa shape index (κ2) is 8.00. The van der Waals surface area contributed by atoms with Crippen LogP contribution in [0, 0.1) is 0 Å². The average molecular weight is 428 g/mol. The third-order valence-electron chi connectivity index (χ3n) is 4.85. The lowest BCUT2D eigenvalue weighted by atomic mass is 9.90. The van der Waals surface area contributed by atoms with Gasteiger partial charge < -0.3 is 10.1 Å². The van der Waals surface area contributed by atoms with Crippen LogP contribution in [-0.2, 0) is 14.6 Å². The average Bonchev–Trinajstić information content (AvgIpc) is 3.17. The van der Waals surface area contributed by atoms with Crippen LogP contribution in [0.5, 0.6) is 5.75 Å². The standard InChI is InChI=1S/C22H21NO4S2/c1-2-12-27-16-10-8-15(9-11-16)18-13-20(24)23-21-19(14-28-22(18)21)29(25,26)17-6-4-3-5-7-17/h3-11,14,18H,2,12-13H2,1H3,(H,23,24)/t18-/m0/s1. The number of benzene rings is 2. The summed E-state index contributed by atoms with van der Waals surface area (Å²) in [6, 6.07) is 16.0. The zero-order chi connectivity index (χ0) is 20.4. The van der Waals surface area contributed by atoms with Crippen LogP contribution in [0.2, 0.25) is 0 Å². The fourth-order valence-electron chi connectivity index (χ4n) is 3.41. The van der Waals surface area contributed by atoms with Crippen molar-refractivity contribution in [2.24, 2.45) is 0 Å². The predicted octanol–water partition coefficient (Wildman–Crippen LogP) is 4.84. The van der Waals surface area contributed by atoms with Crippen molar-refractivity contribution < 1.29 is 17.9 Å². The van der Waals surface area contributed by atoms with Crippen LogP contribution in [0.3, 0.4) is 0 Å². The highest BCUT2D eigenvalue weighted by molar-refractivity contribution is 7.91. The molecule has 7 heteroatoms. The molecule has 1 aliphatic rings. The van der Waals surface area contributed by atoms with Crippen LogP contribution in [0.4, 0.5) is 5.69 Å². The summed E-state index contributed by atoms with van der Waals surface area (Å²) in [7, 11) is -3.71. The van der Waals surface area contributed by atoms with Gasteiger partial charge in [0.05, 0.1) is 17.2 Å². The van der Waals surface area contributed by atoms with E-state index in [1.807, 2.05) is 24.3 Å². The number of ether oxygens (including phenoxy) is 1. The fourth-order valence-corrected chi connectivity index (χ4v) is 6.34. The van der Waals surface area contributed by atoms with Crippen molar-refractivity contribution in [3.63, 3.8) is 0 Å². The Morgan fingerprint density at radius 3 is 2.52 bits per heavy atom. The number of fused-ring (bicyclic) bond motifs is 1. The molecule has 2 aromatic carbocycles. The van der Waals surface area contributed by atoms with Crippen molar-refractivity contribution in [2.75, 3.05) is 11.9 Å². The number of thiophene rings is 1. The molecule has 0 saturated heterocycles. The third-order valence-corrected chi connectivity index (χ3v) is 7.89. The number of carbonyl (C=O) groups is 1. The van der Waals surface area contributed by atoms with E-state index in [0.29, 0.717) is 12.3 Å². The Hall–Kier alpha value is -2.64. The molecule has 2 heterocycles. The number of rotatable bonds is 6. The summed E-state index contributed by atoms with van der Waals surface area (Å²) in [5, 5.41) is 4.42. The van der Waals surface area contributed by atoms with Crippen molar-refractivity contribution >= 4 is 32.8 Å². The van der Waals surface area contributed by atoms with Crippen molar-refractivity contribution in [3.05, 3.63) is 70.4 Å². The Labute approximate surface area is 174 Å². The van der Waals surface area contributed by atoms with Gasteiger partial charge in [0.15, 0.2) is 0 Å². The zero-order valence-corrected chi connectivity index (χ0v) is 17.6. The molecule has 0 fully saturated rings. The molecule has 1 atom stereocenters. The van der Waals surface area contributed by atoms with Gasteiger partial charge in [0, 0.05) is 22.6 Å². The van der Waals surface area contributed by atoms with Crippen LogP contribution in [0.25, 0.3) is 0 Å². The summed E-state index contributed by atoms with van der Waals surface area (Å²) >= 11 is 1.37. The van der Waals surface area contributed by atoms with Gasteiger partial charge in [-0.25, -0.2) is 8.42 Å². The Balaban J connectivity index is 1.71.